The van der Waals surface area contributed by atoms with Crippen LogP contribution in [0.15, 0.2) is 36.5 Å². The number of hydrogen-bond acceptors (Lipinski definition) is 1. The molecule has 0 saturated heterocycles. The molecule has 1 nitrogen and oxygen atoms in total. The molecule has 1 aliphatic carbocycles. The second-order valence-electron chi connectivity index (χ2n) is 5.22. The Morgan fingerprint density at radius 2 is 1.94 bits per heavy atom. The van der Waals surface area contributed by atoms with E-state index >= 15 is 0 Å². The lowest BCUT2D eigenvalue weighted by Gasteiger charge is -2.20. The van der Waals surface area contributed by atoms with E-state index in [2.05, 4.69) is 29.2 Å². The summed E-state index contributed by atoms with van der Waals surface area (Å²) in [6.45, 7) is 0. The Bertz CT molecular complexity index is 537. The van der Waals surface area contributed by atoms with Gasteiger partial charge in [-0.3, -0.25) is 4.98 Å². The summed E-state index contributed by atoms with van der Waals surface area (Å²) in [5.74, 6) is 0.501. The van der Waals surface area contributed by atoms with Crippen LogP contribution < -0.4 is 0 Å². The molecule has 0 amide bonds. The fourth-order valence-corrected chi connectivity index (χ4v) is 3.38. The zero-order valence-electron chi connectivity index (χ0n) is 10.5. The van der Waals surface area contributed by atoms with Crippen molar-refractivity contribution in [3.8, 4) is 0 Å². The van der Waals surface area contributed by atoms with E-state index in [4.69, 9.17) is 11.6 Å². The molecular weight excluding hydrogens is 242 g/mol. The van der Waals surface area contributed by atoms with Crippen molar-refractivity contribution in [1.82, 2.24) is 4.98 Å². The zero-order chi connectivity index (χ0) is 12.4. The molecule has 1 heterocycles. The van der Waals surface area contributed by atoms with Crippen molar-refractivity contribution in [1.29, 1.82) is 0 Å². The third-order valence-electron chi connectivity index (χ3n) is 3.99. The summed E-state index contributed by atoms with van der Waals surface area (Å²) in [6, 6.07) is 10.7. The fraction of sp³-hybridized carbons (Fsp3) is 0.438. The smallest absolute Gasteiger partial charge is 0.0704 e. The van der Waals surface area contributed by atoms with Gasteiger partial charge in [-0.1, -0.05) is 37.5 Å². The molecule has 0 aliphatic heterocycles. The van der Waals surface area contributed by atoms with Crippen molar-refractivity contribution >= 4 is 22.5 Å². The maximum Gasteiger partial charge on any atom is 0.0704 e. The Morgan fingerprint density at radius 1 is 1.06 bits per heavy atom. The minimum absolute atomic E-state index is 0.286. The lowest BCUT2D eigenvalue weighted by molar-refractivity contribution is 0.600. The van der Waals surface area contributed by atoms with E-state index < -0.39 is 0 Å². The van der Waals surface area contributed by atoms with Crippen LogP contribution in [0.2, 0.25) is 0 Å². The Balaban J connectivity index is 1.97. The summed E-state index contributed by atoms with van der Waals surface area (Å²) in [4.78, 5) is 4.44. The van der Waals surface area contributed by atoms with Gasteiger partial charge in [0.05, 0.1) is 5.52 Å². The molecular formula is C16H18ClN. The number of halogens is 1. The highest BCUT2D eigenvalue weighted by molar-refractivity contribution is 6.21. The first-order valence-corrected chi connectivity index (χ1v) is 7.27. The van der Waals surface area contributed by atoms with E-state index in [0.717, 1.165) is 11.9 Å². The molecule has 1 fully saturated rings. The number of fused-ring (bicyclic) bond motifs is 1. The Labute approximate surface area is 113 Å². The van der Waals surface area contributed by atoms with Crippen LogP contribution in [-0.2, 0) is 0 Å². The molecule has 18 heavy (non-hydrogen) atoms. The molecule has 0 radical (unpaired) electrons. The van der Waals surface area contributed by atoms with Gasteiger partial charge in [-0.15, -0.1) is 11.6 Å². The Kier molecular flexibility index (Phi) is 3.51. The molecule has 1 aromatic carbocycles. The van der Waals surface area contributed by atoms with E-state index in [1.165, 1.54) is 36.6 Å². The lowest BCUT2D eigenvalue weighted by atomic mass is 9.91. The number of nitrogens with zero attached hydrogens (tertiary/aromatic N) is 1. The van der Waals surface area contributed by atoms with Crippen molar-refractivity contribution in [3.63, 3.8) is 0 Å². The second-order valence-corrected chi connectivity index (χ2v) is 5.78. The van der Waals surface area contributed by atoms with Crippen LogP contribution in [0, 0.1) is 0 Å². The zero-order valence-corrected chi connectivity index (χ0v) is 11.2. The molecule has 1 saturated carbocycles. The summed E-state index contributed by atoms with van der Waals surface area (Å²) < 4.78 is 0. The van der Waals surface area contributed by atoms with Crippen molar-refractivity contribution in [2.24, 2.45) is 0 Å². The summed E-state index contributed by atoms with van der Waals surface area (Å²) in [5, 5.41) is 1.50. The highest BCUT2D eigenvalue weighted by atomic mass is 35.5. The SMILES string of the molecule is ClC1CCCCCC1c1ccc2cccnc2c1. The standard InChI is InChI=1S/C16H18ClN/c17-15-7-3-1-2-6-14(15)13-9-8-12-5-4-10-18-16(12)11-13/h4-5,8-11,14-15H,1-3,6-7H2. The van der Waals surface area contributed by atoms with Crippen LogP contribution in [-0.4, -0.2) is 10.4 Å². The summed E-state index contributed by atoms with van der Waals surface area (Å²) in [5.41, 5.74) is 2.45. The van der Waals surface area contributed by atoms with Gasteiger partial charge in [-0.05, 0) is 30.5 Å². The van der Waals surface area contributed by atoms with Crippen LogP contribution in [0.5, 0.6) is 0 Å². The first kappa shape index (κ1) is 12.0. The van der Waals surface area contributed by atoms with Gasteiger partial charge in [0.25, 0.3) is 0 Å². The predicted octanol–water partition coefficient (Wildman–Crippen LogP) is 4.89. The van der Waals surface area contributed by atoms with Gasteiger partial charge < -0.3 is 0 Å². The van der Waals surface area contributed by atoms with Gasteiger partial charge in [0, 0.05) is 22.9 Å². The van der Waals surface area contributed by atoms with Crippen molar-refractivity contribution < 1.29 is 0 Å². The van der Waals surface area contributed by atoms with Crippen LogP contribution >= 0.6 is 11.6 Å². The van der Waals surface area contributed by atoms with Gasteiger partial charge in [-0.2, -0.15) is 0 Å². The molecule has 0 spiro atoms. The fourth-order valence-electron chi connectivity index (χ4n) is 2.95. The first-order chi connectivity index (χ1) is 8.84. The maximum atomic E-state index is 6.55. The molecule has 2 unspecified atom stereocenters. The number of aromatic nitrogens is 1. The third-order valence-corrected chi connectivity index (χ3v) is 4.51. The maximum absolute atomic E-state index is 6.55. The summed E-state index contributed by atoms with van der Waals surface area (Å²) in [6.07, 6.45) is 8.12. The van der Waals surface area contributed by atoms with Gasteiger partial charge >= 0.3 is 0 Å². The minimum Gasteiger partial charge on any atom is -0.256 e. The van der Waals surface area contributed by atoms with Crippen LogP contribution in [0.3, 0.4) is 0 Å². The highest BCUT2D eigenvalue weighted by Gasteiger charge is 2.23. The lowest BCUT2D eigenvalue weighted by Crippen LogP contribution is -2.11. The number of hydrogen-bond donors (Lipinski definition) is 0. The molecule has 1 aromatic heterocycles. The molecule has 1 aliphatic rings. The Hall–Kier alpha value is -1.08. The second kappa shape index (κ2) is 5.27. The molecule has 94 valence electrons. The molecule has 3 rings (SSSR count). The number of pyridine rings is 1. The topological polar surface area (TPSA) is 12.9 Å². The quantitative estimate of drug-likeness (QED) is 0.525. The average molecular weight is 260 g/mol. The number of rotatable bonds is 1. The predicted molar refractivity (Wildman–Crippen MR) is 77.2 cm³/mol. The number of alkyl halides is 1. The largest absolute Gasteiger partial charge is 0.256 e. The molecule has 0 N–H and O–H groups in total. The van der Waals surface area contributed by atoms with Gasteiger partial charge in [0.2, 0.25) is 0 Å². The highest BCUT2D eigenvalue weighted by Crippen LogP contribution is 2.36. The minimum atomic E-state index is 0.286. The van der Waals surface area contributed by atoms with Crippen molar-refractivity contribution in [2.75, 3.05) is 0 Å². The van der Waals surface area contributed by atoms with Crippen molar-refractivity contribution in [3.05, 3.63) is 42.1 Å². The first-order valence-electron chi connectivity index (χ1n) is 6.83. The Morgan fingerprint density at radius 3 is 2.89 bits per heavy atom. The molecule has 2 heteroatoms. The monoisotopic (exact) mass is 259 g/mol. The summed E-state index contributed by atoms with van der Waals surface area (Å²) in [7, 11) is 0. The van der Waals surface area contributed by atoms with E-state index in [9.17, 15) is 0 Å². The van der Waals surface area contributed by atoms with Gasteiger partial charge in [0.15, 0.2) is 0 Å². The number of benzene rings is 1. The molecule has 0 bridgehead atoms. The van der Waals surface area contributed by atoms with E-state index in [1.807, 2.05) is 12.3 Å². The normalized spacial score (nSPS) is 24.9. The molecule has 2 aromatic rings. The van der Waals surface area contributed by atoms with Crippen LogP contribution in [0.25, 0.3) is 10.9 Å². The van der Waals surface area contributed by atoms with Crippen LogP contribution in [0.4, 0.5) is 0 Å². The van der Waals surface area contributed by atoms with E-state index in [0.29, 0.717) is 5.92 Å². The third kappa shape index (κ3) is 2.37. The molecule has 2 atom stereocenters. The van der Waals surface area contributed by atoms with Gasteiger partial charge in [-0.25, -0.2) is 0 Å². The van der Waals surface area contributed by atoms with Gasteiger partial charge in [0.1, 0.15) is 0 Å². The summed E-state index contributed by atoms with van der Waals surface area (Å²) >= 11 is 6.55. The van der Waals surface area contributed by atoms with Crippen LogP contribution in [0.1, 0.15) is 43.6 Å². The average Bonchev–Trinajstić information content (AvgIpc) is 2.63. The van der Waals surface area contributed by atoms with Crippen molar-refractivity contribution in [2.45, 2.75) is 43.4 Å². The van der Waals surface area contributed by atoms with E-state index in [1.54, 1.807) is 0 Å². The van der Waals surface area contributed by atoms with E-state index in [-0.39, 0.29) is 5.38 Å².